The molecule has 4 nitrogen and oxygen atoms in total. The minimum atomic E-state index is -4.82. The van der Waals surface area contributed by atoms with Crippen LogP contribution in [0.5, 0.6) is 0 Å². The van der Waals surface area contributed by atoms with Crippen molar-refractivity contribution in [2.75, 3.05) is 0 Å². The van der Waals surface area contributed by atoms with Crippen LogP contribution in [0.25, 0.3) is 26.7 Å². The Morgan fingerprint density at radius 3 is 2.19 bits per heavy atom. The van der Waals surface area contributed by atoms with E-state index >= 15 is 0 Å². The van der Waals surface area contributed by atoms with Crippen LogP contribution in [0, 0.1) is 6.57 Å². The molecule has 154 valence electrons. The van der Waals surface area contributed by atoms with Gasteiger partial charge in [0.15, 0.2) is 0 Å². The van der Waals surface area contributed by atoms with Crippen molar-refractivity contribution < 1.29 is 13.2 Å². The lowest BCUT2D eigenvalue weighted by atomic mass is 10.1. The van der Waals surface area contributed by atoms with Crippen LogP contribution in [0.1, 0.15) is 11.3 Å². The summed E-state index contributed by atoms with van der Waals surface area (Å²) in [7, 11) is 0. The lowest BCUT2D eigenvalue weighted by molar-refractivity contribution is -0.136. The third-order valence-corrected chi connectivity index (χ3v) is 5.59. The van der Waals surface area contributed by atoms with Gasteiger partial charge in [-0.05, 0) is 11.6 Å². The Morgan fingerprint density at radius 1 is 1.00 bits per heavy atom. The van der Waals surface area contributed by atoms with E-state index in [4.69, 9.17) is 6.57 Å². The van der Waals surface area contributed by atoms with Gasteiger partial charge < -0.3 is 4.57 Å². The molecule has 0 saturated heterocycles. The predicted octanol–water partition coefficient (Wildman–Crippen LogP) is 6.26. The Balaban J connectivity index is 1.87. The first kappa shape index (κ1) is 20.6. The smallest absolute Gasteiger partial charge is 0.311 e. The molecular weight excluding hydrogens is 423 g/mol. The number of pyridine rings is 1. The highest BCUT2D eigenvalue weighted by Crippen LogP contribution is 2.37. The van der Waals surface area contributed by atoms with Crippen molar-refractivity contribution in [2.24, 2.45) is 0 Å². The molecule has 0 bridgehead atoms. The molecule has 0 aliphatic rings. The van der Waals surface area contributed by atoms with Gasteiger partial charge in [-0.25, -0.2) is 9.83 Å². The molecule has 0 N–H and O–H groups in total. The topological polar surface area (TPSA) is 39.2 Å². The number of thiazole rings is 1. The summed E-state index contributed by atoms with van der Waals surface area (Å²) < 4.78 is 41.9. The third kappa shape index (κ3) is 4.13. The normalized spacial score (nSPS) is 11.3. The fourth-order valence-corrected chi connectivity index (χ4v) is 4.04. The van der Waals surface area contributed by atoms with Gasteiger partial charge in [0.25, 0.3) is 11.2 Å². The zero-order valence-corrected chi connectivity index (χ0v) is 16.7. The first-order valence-electron chi connectivity index (χ1n) is 9.16. The van der Waals surface area contributed by atoms with Gasteiger partial charge in [-0.1, -0.05) is 60.7 Å². The molecule has 4 aromatic rings. The van der Waals surface area contributed by atoms with Crippen LogP contribution < -0.4 is 5.56 Å². The van der Waals surface area contributed by atoms with Gasteiger partial charge in [0.2, 0.25) is 0 Å². The molecule has 2 aromatic carbocycles. The van der Waals surface area contributed by atoms with Crippen molar-refractivity contribution in [3.05, 3.63) is 105 Å². The van der Waals surface area contributed by atoms with Crippen LogP contribution in [-0.2, 0) is 12.7 Å². The molecule has 31 heavy (non-hydrogen) atoms. The molecule has 0 unspecified atom stereocenters. The summed E-state index contributed by atoms with van der Waals surface area (Å²) in [6, 6.07) is 18.7. The molecular formula is C23H14F3N3OS. The largest absolute Gasteiger partial charge is 0.407 e. The molecule has 0 radical (unpaired) electrons. The van der Waals surface area contributed by atoms with E-state index in [1.807, 2.05) is 30.3 Å². The van der Waals surface area contributed by atoms with Crippen LogP contribution in [0.2, 0.25) is 0 Å². The van der Waals surface area contributed by atoms with Gasteiger partial charge in [-0.15, -0.1) is 11.3 Å². The van der Waals surface area contributed by atoms with E-state index in [2.05, 4.69) is 9.83 Å². The molecule has 8 heteroatoms. The van der Waals surface area contributed by atoms with Gasteiger partial charge in [-0.3, -0.25) is 4.79 Å². The zero-order chi connectivity index (χ0) is 22.0. The number of aromatic nitrogens is 2. The van der Waals surface area contributed by atoms with E-state index in [9.17, 15) is 18.0 Å². The summed E-state index contributed by atoms with van der Waals surface area (Å²) in [6.07, 6.45) is -4.82. The molecule has 0 saturated carbocycles. The number of rotatable bonds is 4. The highest BCUT2D eigenvalue weighted by molar-refractivity contribution is 7.13. The van der Waals surface area contributed by atoms with Gasteiger partial charge >= 0.3 is 6.18 Å². The van der Waals surface area contributed by atoms with Crippen LogP contribution >= 0.6 is 11.3 Å². The predicted molar refractivity (Wildman–Crippen MR) is 114 cm³/mol. The molecule has 0 atom stereocenters. The molecule has 0 aliphatic heterocycles. The van der Waals surface area contributed by atoms with Crippen LogP contribution in [0.4, 0.5) is 18.9 Å². The highest BCUT2D eigenvalue weighted by Gasteiger charge is 2.36. The van der Waals surface area contributed by atoms with E-state index in [0.29, 0.717) is 11.3 Å². The Bertz CT molecular complexity index is 1320. The Labute approximate surface area is 179 Å². The Morgan fingerprint density at radius 2 is 1.61 bits per heavy atom. The van der Waals surface area contributed by atoms with Crippen molar-refractivity contribution in [1.82, 2.24) is 9.55 Å². The fourth-order valence-electron chi connectivity index (χ4n) is 3.22. The number of benzene rings is 2. The lowest BCUT2D eigenvalue weighted by Gasteiger charge is -2.17. The fraction of sp³-hybridized carbons (Fsp3) is 0.0870. The molecule has 2 heterocycles. The van der Waals surface area contributed by atoms with E-state index in [1.165, 1.54) is 15.9 Å². The molecule has 2 aromatic heterocycles. The summed E-state index contributed by atoms with van der Waals surface area (Å²) in [4.78, 5) is 20.4. The SMILES string of the molecule is [C-]#[N+]c1c(C(F)(F)F)cc(-c2ccccc2)n(Cc2csc(-c3ccccc3)n2)c1=O. The number of hydrogen-bond donors (Lipinski definition) is 0. The van der Waals surface area contributed by atoms with Crippen LogP contribution in [0.3, 0.4) is 0 Å². The van der Waals surface area contributed by atoms with Crippen molar-refractivity contribution in [3.63, 3.8) is 0 Å². The monoisotopic (exact) mass is 437 g/mol. The van der Waals surface area contributed by atoms with E-state index in [1.54, 1.807) is 35.7 Å². The average Bonchev–Trinajstić information content (AvgIpc) is 3.24. The van der Waals surface area contributed by atoms with Gasteiger partial charge in [0.05, 0.1) is 24.4 Å². The van der Waals surface area contributed by atoms with Gasteiger partial charge in [-0.2, -0.15) is 13.2 Å². The van der Waals surface area contributed by atoms with Crippen LogP contribution in [0.15, 0.2) is 76.9 Å². The van der Waals surface area contributed by atoms with Crippen LogP contribution in [-0.4, -0.2) is 9.55 Å². The quantitative estimate of drug-likeness (QED) is 0.354. The molecule has 0 amide bonds. The molecule has 0 fully saturated rings. The minimum absolute atomic E-state index is 0.0486. The van der Waals surface area contributed by atoms with Gasteiger partial charge in [0, 0.05) is 16.6 Å². The number of alkyl halides is 3. The number of halogens is 3. The number of nitrogens with zero attached hydrogens (tertiary/aromatic N) is 3. The zero-order valence-electron chi connectivity index (χ0n) is 15.9. The maximum Gasteiger partial charge on any atom is 0.407 e. The second-order valence-electron chi connectivity index (χ2n) is 6.67. The second-order valence-corrected chi connectivity index (χ2v) is 7.53. The average molecular weight is 437 g/mol. The van der Waals surface area contributed by atoms with Gasteiger partial charge in [0.1, 0.15) is 5.01 Å². The standard InChI is InChI=1S/C23H14F3N3OS/c1-27-20-18(23(24,25)26)12-19(15-8-4-2-5-9-15)29(22(20)30)13-17-14-31-21(28-17)16-10-6-3-7-11-16/h2-12,14H,13H2. The Kier molecular flexibility index (Phi) is 5.44. The van der Waals surface area contributed by atoms with E-state index in [0.717, 1.165) is 16.6 Å². The van der Waals surface area contributed by atoms with E-state index in [-0.39, 0.29) is 12.2 Å². The summed E-state index contributed by atoms with van der Waals surface area (Å²) in [6.45, 7) is 7.12. The first-order valence-corrected chi connectivity index (χ1v) is 10.0. The highest BCUT2D eigenvalue weighted by atomic mass is 32.1. The third-order valence-electron chi connectivity index (χ3n) is 4.65. The minimum Gasteiger partial charge on any atom is -0.311 e. The maximum atomic E-state index is 13.6. The van der Waals surface area contributed by atoms with Crippen molar-refractivity contribution in [1.29, 1.82) is 0 Å². The number of hydrogen-bond acceptors (Lipinski definition) is 3. The van der Waals surface area contributed by atoms with Crippen molar-refractivity contribution in [3.8, 4) is 21.8 Å². The first-order chi connectivity index (χ1) is 14.9. The molecule has 0 aliphatic carbocycles. The van der Waals surface area contributed by atoms with E-state index < -0.39 is 23.0 Å². The summed E-state index contributed by atoms with van der Waals surface area (Å²) >= 11 is 1.38. The second kappa shape index (κ2) is 8.20. The summed E-state index contributed by atoms with van der Waals surface area (Å²) in [5.74, 6) is 0. The molecule has 4 rings (SSSR count). The molecule has 0 spiro atoms. The summed E-state index contributed by atoms with van der Waals surface area (Å²) in [5, 5.41) is 2.50. The summed E-state index contributed by atoms with van der Waals surface area (Å²) in [5.41, 5.74) is -1.20. The lowest BCUT2D eigenvalue weighted by Crippen LogP contribution is -2.25. The maximum absolute atomic E-state index is 13.6. The van der Waals surface area contributed by atoms with Crippen molar-refractivity contribution >= 4 is 17.0 Å². The van der Waals surface area contributed by atoms with Crippen molar-refractivity contribution in [2.45, 2.75) is 12.7 Å². The Hall–Kier alpha value is -3.70.